The number of hydrogen-bond acceptors (Lipinski definition) is 3. The van der Waals surface area contributed by atoms with Crippen LogP contribution in [0.2, 0.25) is 0 Å². The van der Waals surface area contributed by atoms with Gasteiger partial charge < -0.3 is 10.4 Å². The molecule has 1 saturated carbocycles. The number of hydrogen-bond donors (Lipinski definition) is 2. The highest BCUT2D eigenvalue weighted by molar-refractivity contribution is 5.86. The van der Waals surface area contributed by atoms with Gasteiger partial charge in [0, 0.05) is 18.2 Å². The summed E-state index contributed by atoms with van der Waals surface area (Å²) in [5.74, 6) is -0.261. The molecule has 15 heavy (non-hydrogen) atoms. The molecule has 0 aromatic carbocycles. The quantitative estimate of drug-likeness (QED) is 0.792. The molecule has 0 saturated heterocycles. The molecule has 1 aliphatic carbocycles. The Morgan fingerprint density at radius 2 is 2.33 bits per heavy atom. The van der Waals surface area contributed by atoms with Gasteiger partial charge in [0.05, 0.1) is 0 Å². The predicted octanol–water partition coefficient (Wildman–Crippen LogP) is 1.74. The topological polar surface area (TPSA) is 67.2 Å². The number of carbonyl (C=O) groups is 1. The lowest BCUT2D eigenvalue weighted by atomic mass is 10.3. The summed E-state index contributed by atoms with van der Waals surface area (Å²) in [5, 5.41) is 16.4. The maximum Gasteiger partial charge on any atom is 0.354 e. The fraction of sp³-hybridized carbons (Fsp3) is 0.600. The minimum absolute atomic E-state index is 0.0610. The second-order valence-corrected chi connectivity index (χ2v) is 4.18. The number of aromatic nitrogens is 2. The number of nitrogens with one attached hydrogen (secondary N) is 1. The van der Waals surface area contributed by atoms with E-state index in [4.69, 9.17) is 5.11 Å². The summed E-state index contributed by atoms with van der Waals surface area (Å²) in [6.45, 7) is 3.83. The van der Waals surface area contributed by atoms with Gasteiger partial charge >= 0.3 is 5.97 Å². The van der Waals surface area contributed by atoms with Crippen molar-refractivity contribution in [2.45, 2.75) is 38.8 Å². The van der Waals surface area contributed by atoms with Gasteiger partial charge in [0.1, 0.15) is 11.5 Å². The molecule has 0 unspecified atom stereocenters. The Morgan fingerprint density at radius 1 is 1.67 bits per heavy atom. The van der Waals surface area contributed by atoms with Gasteiger partial charge in [0.15, 0.2) is 0 Å². The van der Waals surface area contributed by atoms with Crippen LogP contribution in [0.1, 0.15) is 43.2 Å². The van der Waals surface area contributed by atoms with Gasteiger partial charge in [-0.1, -0.05) is 0 Å². The SMILES string of the molecule is CC(C)n1nc(NC2CC2)cc1C(=O)O. The first-order valence-corrected chi connectivity index (χ1v) is 5.17. The summed E-state index contributed by atoms with van der Waals surface area (Å²) in [4.78, 5) is 11.0. The molecule has 5 heteroatoms. The fourth-order valence-electron chi connectivity index (χ4n) is 1.46. The number of anilines is 1. The molecule has 1 aliphatic rings. The molecule has 2 rings (SSSR count). The Hall–Kier alpha value is -1.52. The number of carboxylic acid groups (broad SMARTS) is 1. The Kier molecular flexibility index (Phi) is 2.38. The van der Waals surface area contributed by atoms with E-state index in [0.29, 0.717) is 11.9 Å². The van der Waals surface area contributed by atoms with Crippen LogP contribution < -0.4 is 5.32 Å². The average molecular weight is 209 g/mol. The summed E-state index contributed by atoms with van der Waals surface area (Å²) >= 11 is 0. The van der Waals surface area contributed by atoms with Gasteiger partial charge in [-0.15, -0.1) is 0 Å². The van der Waals surface area contributed by atoms with Crippen LogP contribution in [0.3, 0.4) is 0 Å². The van der Waals surface area contributed by atoms with Crippen LogP contribution in [-0.4, -0.2) is 26.9 Å². The zero-order valence-electron chi connectivity index (χ0n) is 8.90. The van der Waals surface area contributed by atoms with Gasteiger partial charge in [-0.05, 0) is 26.7 Å². The predicted molar refractivity (Wildman–Crippen MR) is 56.2 cm³/mol. The van der Waals surface area contributed by atoms with E-state index in [9.17, 15) is 4.79 Å². The van der Waals surface area contributed by atoms with Gasteiger partial charge in [0.25, 0.3) is 0 Å². The molecule has 0 amide bonds. The third kappa shape index (κ3) is 2.11. The van der Waals surface area contributed by atoms with Crippen molar-refractivity contribution in [3.05, 3.63) is 11.8 Å². The van der Waals surface area contributed by atoms with Gasteiger partial charge in [0.2, 0.25) is 0 Å². The normalized spacial score (nSPS) is 15.7. The number of aromatic carboxylic acids is 1. The first-order valence-electron chi connectivity index (χ1n) is 5.17. The van der Waals surface area contributed by atoms with E-state index in [2.05, 4.69) is 10.4 Å². The van der Waals surface area contributed by atoms with Crippen molar-refractivity contribution < 1.29 is 9.90 Å². The maximum atomic E-state index is 11.0. The van der Waals surface area contributed by atoms with Gasteiger partial charge in [-0.2, -0.15) is 5.10 Å². The highest BCUT2D eigenvalue weighted by atomic mass is 16.4. The van der Waals surface area contributed by atoms with Crippen molar-refractivity contribution in [1.82, 2.24) is 9.78 Å². The Bertz CT molecular complexity index is 380. The molecule has 2 N–H and O–H groups in total. The van der Waals surface area contributed by atoms with Crippen molar-refractivity contribution in [3.8, 4) is 0 Å². The van der Waals surface area contributed by atoms with Crippen LogP contribution in [0, 0.1) is 0 Å². The average Bonchev–Trinajstić information content (AvgIpc) is 2.81. The molecule has 5 nitrogen and oxygen atoms in total. The van der Waals surface area contributed by atoms with Crippen molar-refractivity contribution >= 4 is 11.8 Å². The molecule has 1 fully saturated rings. The zero-order valence-corrected chi connectivity index (χ0v) is 8.90. The minimum Gasteiger partial charge on any atom is -0.477 e. The van der Waals surface area contributed by atoms with Crippen molar-refractivity contribution in [2.75, 3.05) is 5.32 Å². The van der Waals surface area contributed by atoms with Crippen LogP contribution in [0.5, 0.6) is 0 Å². The van der Waals surface area contributed by atoms with Crippen LogP contribution in [0.15, 0.2) is 6.07 Å². The molecule has 0 bridgehead atoms. The van der Waals surface area contributed by atoms with E-state index in [1.807, 2.05) is 13.8 Å². The first kappa shape index (κ1) is 10.0. The largest absolute Gasteiger partial charge is 0.477 e. The third-order valence-corrected chi connectivity index (χ3v) is 2.37. The highest BCUT2D eigenvalue weighted by Gasteiger charge is 2.23. The number of nitrogens with zero attached hydrogens (tertiary/aromatic N) is 2. The van der Waals surface area contributed by atoms with E-state index in [1.165, 1.54) is 4.68 Å². The Balaban J connectivity index is 2.25. The molecular formula is C10H15N3O2. The summed E-state index contributed by atoms with van der Waals surface area (Å²) in [5.41, 5.74) is 0.244. The van der Waals surface area contributed by atoms with Gasteiger partial charge in [-0.25, -0.2) is 4.79 Å². The van der Waals surface area contributed by atoms with Gasteiger partial charge in [-0.3, -0.25) is 4.68 Å². The molecular weight excluding hydrogens is 194 g/mol. The monoisotopic (exact) mass is 209 g/mol. The minimum atomic E-state index is -0.931. The molecule has 1 aromatic rings. The number of rotatable bonds is 4. The van der Waals surface area contributed by atoms with E-state index in [1.54, 1.807) is 6.07 Å². The van der Waals surface area contributed by atoms with Crippen LogP contribution >= 0.6 is 0 Å². The molecule has 0 radical (unpaired) electrons. The lowest BCUT2D eigenvalue weighted by Gasteiger charge is -2.07. The molecule has 0 atom stereocenters. The number of carboxylic acids is 1. The lowest BCUT2D eigenvalue weighted by Crippen LogP contribution is -2.12. The van der Waals surface area contributed by atoms with Crippen molar-refractivity contribution in [2.24, 2.45) is 0 Å². The lowest BCUT2D eigenvalue weighted by molar-refractivity contribution is 0.0681. The molecule has 0 aliphatic heterocycles. The summed E-state index contributed by atoms with van der Waals surface area (Å²) < 4.78 is 1.53. The third-order valence-electron chi connectivity index (χ3n) is 2.37. The fourth-order valence-corrected chi connectivity index (χ4v) is 1.46. The standard InChI is InChI=1S/C10H15N3O2/c1-6(2)13-8(10(14)15)5-9(12-13)11-7-3-4-7/h5-7H,3-4H2,1-2H3,(H,11,12)(H,14,15). The summed E-state index contributed by atoms with van der Waals surface area (Å²) in [6, 6.07) is 2.15. The van der Waals surface area contributed by atoms with Crippen LogP contribution in [0.4, 0.5) is 5.82 Å². The Labute approximate surface area is 88.1 Å². The van der Waals surface area contributed by atoms with Crippen molar-refractivity contribution in [3.63, 3.8) is 0 Å². The van der Waals surface area contributed by atoms with E-state index in [0.717, 1.165) is 12.8 Å². The van der Waals surface area contributed by atoms with Crippen molar-refractivity contribution in [1.29, 1.82) is 0 Å². The smallest absolute Gasteiger partial charge is 0.354 e. The maximum absolute atomic E-state index is 11.0. The van der Waals surface area contributed by atoms with Crippen LogP contribution in [-0.2, 0) is 0 Å². The second-order valence-electron chi connectivity index (χ2n) is 4.18. The molecule has 1 heterocycles. The molecule has 0 spiro atoms. The zero-order chi connectivity index (χ0) is 11.0. The van der Waals surface area contributed by atoms with Crippen LogP contribution in [0.25, 0.3) is 0 Å². The Morgan fingerprint density at radius 3 is 2.73 bits per heavy atom. The second kappa shape index (κ2) is 3.56. The van der Waals surface area contributed by atoms with E-state index in [-0.39, 0.29) is 11.7 Å². The van der Waals surface area contributed by atoms with E-state index >= 15 is 0 Å². The molecule has 1 aromatic heterocycles. The summed E-state index contributed by atoms with van der Waals surface area (Å²) in [6.07, 6.45) is 2.30. The highest BCUT2D eigenvalue weighted by Crippen LogP contribution is 2.25. The first-order chi connectivity index (χ1) is 7.08. The van der Waals surface area contributed by atoms with E-state index < -0.39 is 5.97 Å². The summed E-state index contributed by atoms with van der Waals surface area (Å²) in [7, 11) is 0. The molecule has 82 valence electrons.